The number of halogens is 1. The van der Waals surface area contributed by atoms with E-state index in [0.717, 1.165) is 14.5 Å². The second-order valence-corrected chi connectivity index (χ2v) is 6.35. The van der Waals surface area contributed by atoms with Gasteiger partial charge in [-0.15, -0.1) is 11.3 Å². The maximum atomic E-state index is 8.96. The molecule has 0 aliphatic carbocycles. The number of thiazole rings is 1. The quantitative estimate of drug-likeness (QED) is 0.937. The zero-order valence-electron chi connectivity index (χ0n) is 9.83. The van der Waals surface area contributed by atoms with Gasteiger partial charge >= 0.3 is 0 Å². The first kappa shape index (κ1) is 12.7. The molecule has 0 fully saturated rings. The standard InChI is InChI=1S/C13H14BrNOS/c1-8-3-4-10(9(2)7-8)13-15-11(5-6-16)12(14)17-13/h3-4,7,16H,5-6H2,1-2H3. The fourth-order valence-corrected chi connectivity index (χ4v) is 3.44. The SMILES string of the molecule is Cc1ccc(-c2nc(CCO)c(Br)s2)c(C)c1. The summed E-state index contributed by atoms with van der Waals surface area (Å²) in [6.45, 7) is 4.32. The monoisotopic (exact) mass is 311 g/mol. The molecule has 0 atom stereocenters. The van der Waals surface area contributed by atoms with Crippen LogP contribution in [0.25, 0.3) is 10.6 Å². The molecule has 0 aliphatic heterocycles. The van der Waals surface area contributed by atoms with Gasteiger partial charge in [-0.2, -0.15) is 0 Å². The molecule has 1 N–H and O–H groups in total. The molecule has 0 radical (unpaired) electrons. The number of aliphatic hydroxyl groups excluding tert-OH is 1. The Bertz CT molecular complexity index is 536. The van der Waals surface area contributed by atoms with Crippen molar-refractivity contribution in [2.75, 3.05) is 6.61 Å². The van der Waals surface area contributed by atoms with Crippen molar-refractivity contribution in [2.45, 2.75) is 20.3 Å². The Morgan fingerprint density at radius 1 is 1.35 bits per heavy atom. The van der Waals surface area contributed by atoms with E-state index in [4.69, 9.17) is 5.11 Å². The minimum absolute atomic E-state index is 0.134. The van der Waals surface area contributed by atoms with Gasteiger partial charge in [0.05, 0.1) is 9.48 Å². The highest BCUT2D eigenvalue weighted by atomic mass is 79.9. The van der Waals surface area contributed by atoms with Gasteiger partial charge in [-0.3, -0.25) is 0 Å². The van der Waals surface area contributed by atoms with Gasteiger partial charge in [0.1, 0.15) is 5.01 Å². The topological polar surface area (TPSA) is 33.1 Å². The van der Waals surface area contributed by atoms with E-state index in [1.807, 2.05) is 0 Å². The molecule has 17 heavy (non-hydrogen) atoms. The zero-order valence-corrected chi connectivity index (χ0v) is 12.2. The van der Waals surface area contributed by atoms with Gasteiger partial charge in [0.2, 0.25) is 0 Å². The molecule has 2 aromatic rings. The number of hydrogen-bond donors (Lipinski definition) is 1. The van der Waals surface area contributed by atoms with Crippen molar-refractivity contribution in [3.8, 4) is 10.6 Å². The second kappa shape index (κ2) is 5.29. The molecule has 90 valence electrons. The lowest BCUT2D eigenvalue weighted by molar-refractivity contribution is 0.298. The predicted octanol–water partition coefficient (Wildman–Crippen LogP) is 3.72. The van der Waals surface area contributed by atoms with E-state index in [0.29, 0.717) is 6.42 Å². The Kier molecular flexibility index (Phi) is 3.97. The average molecular weight is 312 g/mol. The lowest BCUT2D eigenvalue weighted by Crippen LogP contribution is -1.92. The summed E-state index contributed by atoms with van der Waals surface area (Å²) in [5.74, 6) is 0. The van der Waals surface area contributed by atoms with Crippen LogP contribution in [0.5, 0.6) is 0 Å². The molecule has 1 heterocycles. The van der Waals surface area contributed by atoms with Crippen LogP contribution in [0.2, 0.25) is 0 Å². The highest BCUT2D eigenvalue weighted by molar-refractivity contribution is 9.11. The summed E-state index contributed by atoms with van der Waals surface area (Å²) in [6, 6.07) is 6.37. The Hall–Kier alpha value is -0.710. The van der Waals surface area contributed by atoms with Crippen molar-refractivity contribution in [1.82, 2.24) is 4.98 Å². The lowest BCUT2D eigenvalue weighted by atomic mass is 10.1. The number of aromatic nitrogens is 1. The molecule has 0 bridgehead atoms. The van der Waals surface area contributed by atoms with Gasteiger partial charge in [0.15, 0.2) is 0 Å². The normalized spacial score (nSPS) is 10.8. The second-order valence-electron chi connectivity index (χ2n) is 4.03. The van der Waals surface area contributed by atoms with E-state index in [1.165, 1.54) is 16.7 Å². The summed E-state index contributed by atoms with van der Waals surface area (Å²) in [4.78, 5) is 4.57. The molecule has 0 saturated carbocycles. The highest BCUT2D eigenvalue weighted by Crippen LogP contribution is 2.34. The first-order valence-electron chi connectivity index (χ1n) is 5.45. The summed E-state index contributed by atoms with van der Waals surface area (Å²) in [5, 5.41) is 9.97. The molecule has 1 aromatic heterocycles. The molecule has 0 aliphatic rings. The van der Waals surface area contributed by atoms with Crippen molar-refractivity contribution in [3.05, 3.63) is 38.8 Å². The van der Waals surface area contributed by atoms with Crippen molar-refractivity contribution in [3.63, 3.8) is 0 Å². The van der Waals surface area contributed by atoms with Crippen LogP contribution in [0, 0.1) is 13.8 Å². The van der Waals surface area contributed by atoms with Crippen LogP contribution in [0.3, 0.4) is 0 Å². The van der Waals surface area contributed by atoms with Crippen LogP contribution in [-0.2, 0) is 6.42 Å². The zero-order chi connectivity index (χ0) is 12.4. The minimum atomic E-state index is 0.134. The molecular formula is C13H14BrNOS. The summed E-state index contributed by atoms with van der Waals surface area (Å²) >= 11 is 5.12. The van der Waals surface area contributed by atoms with Crippen LogP contribution >= 0.6 is 27.3 Å². The number of aryl methyl sites for hydroxylation is 2. The maximum Gasteiger partial charge on any atom is 0.124 e. The largest absolute Gasteiger partial charge is 0.396 e. The van der Waals surface area contributed by atoms with Crippen LogP contribution < -0.4 is 0 Å². The Morgan fingerprint density at radius 3 is 2.76 bits per heavy atom. The van der Waals surface area contributed by atoms with E-state index in [-0.39, 0.29) is 6.61 Å². The van der Waals surface area contributed by atoms with Crippen molar-refractivity contribution < 1.29 is 5.11 Å². The molecule has 2 nitrogen and oxygen atoms in total. The van der Waals surface area contributed by atoms with Crippen LogP contribution in [0.1, 0.15) is 16.8 Å². The third-order valence-corrected chi connectivity index (χ3v) is 4.47. The third-order valence-electron chi connectivity index (χ3n) is 2.61. The Labute approximate surface area is 113 Å². The van der Waals surface area contributed by atoms with Gasteiger partial charge in [-0.1, -0.05) is 23.8 Å². The fourth-order valence-electron chi connectivity index (χ4n) is 1.76. The van der Waals surface area contributed by atoms with Gasteiger partial charge in [-0.05, 0) is 35.3 Å². The summed E-state index contributed by atoms with van der Waals surface area (Å²) in [7, 11) is 0. The fraction of sp³-hybridized carbons (Fsp3) is 0.308. The predicted molar refractivity (Wildman–Crippen MR) is 75.5 cm³/mol. The average Bonchev–Trinajstić information content (AvgIpc) is 2.60. The molecular weight excluding hydrogens is 298 g/mol. The number of benzene rings is 1. The summed E-state index contributed by atoms with van der Waals surface area (Å²) in [5.41, 5.74) is 4.61. The summed E-state index contributed by atoms with van der Waals surface area (Å²) < 4.78 is 1.02. The van der Waals surface area contributed by atoms with Crippen molar-refractivity contribution in [2.24, 2.45) is 0 Å². The van der Waals surface area contributed by atoms with E-state index >= 15 is 0 Å². The molecule has 2 rings (SSSR count). The lowest BCUT2D eigenvalue weighted by Gasteiger charge is -2.02. The van der Waals surface area contributed by atoms with Gasteiger partial charge in [0.25, 0.3) is 0 Å². The van der Waals surface area contributed by atoms with Gasteiger partial charge in [-0.25, -0.2) is 4.98 Å². The number of nitrogens with zero attached hydrogens (tertiary/aromatic N) is 1. The van der Waals surface area contributed by atoms with E-state index in [9.17, 15) is 0 Å². The molecule has 1 aromatic carbocycles. The number of aliphatic hydroxyl groups is 1. The smallest absolute Gasteiger partial charge is 0.124 e. The van der Waals surface area contributed by atoms with Gasteiger partial charge < -0.3 is 5.11 Å². The van der Waals surface area contributed by atoms with Crippen LogP contribution in [0.4, 0.5) is 0 Å². The van der Waals surface area contributed by atoms with E-state index in [2.05, 4.69) is 53.0 Å². The van der Waals surface area contributed by atoms with Gasteiger partial charge in [0, 0.05) is 18.6 Å². The third kappa shape index (κ3) is 2.76. The molecule has 0 spiro atoms. The van der Waals surface area contributed by atoms with Crippen LogP contribution in [-0.4, -0.2) is 16.7 Å². The first-order valence-corrected chi connectivity index (χ1v) is 7.06. The molecule has 4 heteroatoms. The Balaban J connectivity index is 2.42. The molecule has 0 unspecified atom stereocenters. The van der Waals surface area contributed by atoms with Crippen molar-refractivity contribution >= 4 is 27.3 Å². The van der Waals surface area contributed by atoms with E-state index < -0.39 is 0 Å². The maximum absolute atomic E-state index is 8.96. The first-order chi connectivity index (χ1) is 8.11. The van der Waals surface area contributed by atoms with Crippen molar-refractivity contribution in [1.29, 1.82) is 0 Å². The Morgan fingerprint density at radius 2 is 2.12 bits per heavy atom. The minimum Gasteiger partial charge on any atom is -0.396 e. The van der Waals surface area contributed by atoms with Crippen LogP contribution in [0.15, 0.2) is 22.0 Å². The molecule has 0 amide bonds. The van der Waals surface area contributed by atoms with E-state index in [1.54, 1.807) is 11.3 Å². The number of hydrogen-bond acceptors (Lipinski definition) is 3. The molecule has 0 saturated heterocycles. The number of rotatable bonds is 3. The summed E-state index contributed by atoms with van der Waals surface area (Å²) in [6.07, 6.45) is 0.599. The highest BCUT2D eigenvalue weighted by Gasteiger charge is 2.11.